The zero-order valence-corrected chi connectivity index (χ0v) is 20.2. The molecule has 0 aromatic heterocycles. The van der Waals surface area contributed by atoms with Crippen molar-refractivity contribution in [1.29, 1.82) is 0 Å². The van der Waals surface area contributed by atoms with Crippen molar-refractivity contribution in [2.75, 3.05) is 57.0 Å². The van der Waals surface area contributed by atoms with Crippen molar-refractivity contribution in [3.8, 4) is 0 Å². The van der Waals surface area contributed by atoms with Crippen LogP contribution in [0.2, 0.25) is 5.02 Å². The number of aromatic carboxylic acids is 1. The summed E-state index contributed by atoms with van der Waals surface area (Å²) in [6, 6.07) is 19.7. The second kappa shape index (κ2) is 9.53. The molecule has 0 saturated carbocycles. The number of carboxylic acids is 1. The summed E-state index contributed by atoms with van der Waals surface area (Å²) in [5.74, 6) is -1.28. The smallest absolute Gasteiger partial charge is 0.336 e. The number of hydrogen-bond acceptors (Lipinski definition) is 4. The van der Waals surface area contributed by atoms with Crippen LogP contribution in [0.25, 0.3) is 0 Å². The van der Waals surface area contributed by atoms with E-state index in [1.165, 1.54) is 0 Å². The summed E-state index contributed by atoms with van der Waals surface area (Å²) >= 11 is 6.77. The van der Waals surface area contributed by atoms with Crippen LogP contribution in [0.1, 0.15) is 33.0 Å². The Labute approximate surface area is 195 Å². The first-order chi connectivity index (χ1) is 15.1. The van der Waals surface area contributed by atoms with Gasteiger partial charge >= 0.3 is 5.97 Å². The molecule has 32 heavy (non-hydrogen) atoms. The molecule has 0 amide bonds. The zero-order chi connectivity index (χ0) is 23.6. The number of anilines is 3. The number of benzene rings is 3. The molecular weight excluding hydrogens is 422 g/mol. The predicted octanol–water partition coefficient (Wildman–Crippen LogP) is 5.42. The number of carboxylic acid groups (broad SMARTS) is 1. The molecule has 0 aliphatic rings. The van der Waals surface area contributed by atoms with Crippen molar-refractivity contribution in [3.63, 3.8) is 0 Å². The highest BCUT2D eigenvalue weighted by atomic mass is 35.5. The van der Waals surface area contributed by atoms with Crippen molar-refractivity contribution >= 4 is 34.6 Å². The molecule has 0 aliphatic carbocycles. The first kappa shape index (κ1) is 23.5. The molecule has 0 saturated heterocycles. The lowest BCUT2D eigenvalue weighted by Crippen LogP contribution is -2.15. The van der Waals surface area contributed by atoms with E-state index < -0.39 is 5.97 Å². The number of halogens is 1. The molecule has 0 bridgehead atoms. The summed E-state index contributed by atoms with van der Waals surface area (Å²) in [4.78, 5) is 18.2. The Hall–Kier alpha value is -3.18. The normalized spacial score (nSPS) is 11.7. The molecule has 3 aromatic rings. The second-order valence-corrected chi connectivity index (χ2v) is 8.90. The third-order valence-corrected chi connectivity index (χ3v) is 5.98. The fourth-order valence-electron chi connectivity index (χ4n) is 3.78. The molecule has 0 aliphatic heterocycles. The van der Waals surface area contributed by atoms with E-state index in [9.17, 15) is 9.90 Å². The first-order valence-electron chi connectivity index (χ1n) is 10.4. The molecule has 0 spiro atoms. The molecule has 6 heteroatoms. The van der Waals surface area contributed by atoms with E-state index in [-0.39, 0.29) is 11.5 Å². The average Bonchev–Trinajstić information content (AvgIpc) is 2.75. The third kappa shape index (κ3) is 4.83. The third-order valence-electron chi connectivity index (χ3n) is 5.65. The van der Waals surface area contributed by atoms with Gasteiger partial charge in [-0.3, -0.25) is 0 Å². The number of rotatable bonds is 7. The van der Waals surface area contributed by atoms with Gasteiger partial charge in [-0.1, -0.05) is 35.9 Å². The van der Waals surface area contributed by atoms with Crippen LogP contribution >= 0.6 is 11.6 Å². The van der Waals surface area contributed by atoms with Gasteiger partial charge in [-0.05, 0) is 53.1 Å². The van der Waals surface area contributed by atoms with Crippen LogP contribution in [-0.2, 0) is 0 Å². The molecule has 1 N–H and O–H groups in total. The lowest BCUT2D eigenvalue weighted by atomic mass is 9.82. The summed E-state index contributed by atoms with van der Waals surface area (Å²) in [7, 11) is 11.7. The average molecular weight is 452 g/mol. The minimum atomic E-state index is -0.959. The van der Waals surface area contributed by atoms with E-state index in [1.807, 2.05) is 112 Å². The van der Waals surface area contributed by atoms with Gasteiger partial charge in [-0.2, -0.15) is 0 Å². The molecule has 0 heterocycles. The van der Waals surface area contributed by atoms with E-state index in [2.05, 4.69) is 0 Å². The van der Waals surface area contributed by atoms with E-state index in [0.717, 1.165) is 28.2 Å². The molecule has 5 nitrogen and oxygen atoms in total. The van der Waals surface area contributed by atoms with Crippen LogP contribution < -0.4 is 14.7 Å². The monoisotopic (exact) mass is 451 g/mol. The Morgan fingerprint density at radius 1 is 0.719 bits per heavy atom. The van der Waals surface area contributed by atoms with Crippen LogP contribution in [-0.4, -0.2) is 53.4 Å². The molecule has 0 fully saturated rings. The summed E-state index contributed by atoms with van der Waals surface area (Å²) < 4.78 is 0. The van der Waals surface area contributed by atoms with E-state index in [0.29, 0.717) is 10.6 Å². The predicted molar refractivity (Wildman–Crippen MR) is 135 cm³/mol. The maximum absolute atomic E-state index is 12.3. The Kier molecular flexibility index (Phi) is 6.99. The van der Waals surface area contributed by atoms with E-state index >= 15 is 0 Å². The van der Waals surface area contributed by atoms with Crippen LogP contribution in [0.15, 0.2) is 60.7 Å². The zero-order valence-electron chi connectivity index (χ0n) is 19.4. The number of hydrogen-bond donors (Lipinski definition) is 1. The van der Waals surface area contributed by atoms with E-state index in [4.69, 9.17) is 11.6 Å². The van der Waals surface area contributed by atoms with Crippen LogP contribution in [0.5, 0.6) is 0 Å². The Bertz CT molecular complexity index is 1110. The van der Waals surface area contributed by atoms with Crippen molar-refractivity contribution < 1.29 is 9.90 Å². The van der Waals surface area contributed by atoms with Crippen molar-refractivity contribution in [1.82, 2.24) is 0 Å². The molecular formula is C26H30ClN3O2. The van der Waals surface area contributed by atoms with Crippen molar-refractivity contribution in [3.05, 3.63) is 87.9 Å². The van der Waals surface area contributed by atoms with Gasteiger partial charge < -0.3 is 19.8 Å². The Balaban J connectivity index is 2.25. The molecule has 0 radical (unpaired) electrons. The molecule has 3 aromatic carbocycles. The maximum atomic E-state index is 12.3. The molecule has 1 atom stereocenters. The highest BCUT2D eigenvalue weighted by Gasteiger charge is 2.25. The summed E-state index contributed by atoms with van der Waals surface area (Å²) in [6.07, 6.45) is 0. The SMILES string of the molecule is CN(C)c1ccc(C(c2ccc(N(C)C)cc2Cl)c2ccc(N(C)C)cc2C(=O)O)cc1. The summed E-state index contributed by atoms with van der Waals surface area (Å²) in [6.45, 7) is 0. The number of nitrogens with zero attached hydrogens (tertiary/aromatic N) is 3. The van der Waals surface area contributed by atoms with E-state index in [1.54, 1.807) is 6.07 Å². The lowest BCUT2D eigenvalue weighted by molar-refractivity contribution is 0.0695. The van der Waals surface area contributed by atoms with Gasteiger partial charge in [0.25, 0.3) is 0 Å². The molecule has 168 valence electrons. The fraction of sp³-hybridized carbons (Fsp3) is 0.269. The van der Waals surface area contributed by atoms with Crippen LogP contribution in [0.4, 0.5) is 17.1 Å². The maximum Gasteiger partial charge on any atom is 0.336 e. The van der Waals surface area contributed by atoms with Gasteiger partial charge in [-0.25, -0.2) is 4.79 Å². The van der Waals surface area contributed by atoms with Crippen molar-refractivity contribution in [2.45, 2.75) is 5.92 Å². The van der Waals surface area contributed by atoms with Gasteiger partial charge in [0.15, 0.2) is 0 Å². The van der Waals surface area contributed by atoms with Crippen LogP contribution in [0.3, 0.4) is 0 Å². The first-order valence-corrected chi connectivity index (χ1v) is 10.8. The minimum Gasteiger partial charge on any atom is -0.478 e. The quantitative estimate of drug-likeness (QED) is 0.486. The van der Waals surface area contributed by atoms with Crippen molar-refractivity contribution in [2.24, 2.45) is 0 Å². The molecule has 1 unspecified atom stereocenters. The van der Waals surface area contributed by atoms with Gasteiger partial charge in [0.1, 0.15) is 0 Å². The Morgan fingerprint density at radius 2 is 1.19 bits per heavy atom. The highest BCUT2D eigenvalue weighted by molar-refractivity contribution is 6.31. The molecule has 3 rings (SSSR count). The summed E-state index contributed by atoms with van der Waals surface area (Å²) in [5.41, 5.74) is 5.72. The highest BCUT2D eigenvalue weighted by Crippen LogP contribution is 2.40. The fourth-order valence-corrected chi connectivity index (χ4v) is 4.06. The topological polar surface area (TPSA) is 47.0 Å². The number of carbonyl (C=O) groups is 1. The van der Waals surface area contributed by atoms with Gasteiger partial charge in [0.05, 0.1) is 5.56 Å². The van der Waals surface area contributed by atoms with Gasteiger partial charge in [0, 0.05) is 70.3 Å². The Morgan fingerprint density at radius 3 is 1.66 bits per heavy atom. The lowest BCUT2D eigenvalue weighted by Gasteiger charge is -2.25. The standard InChI is InChI=1S/C26H30ClN3O2/c1-28(2)18-9-7-17(8-10-18)25(22-14-12-20(30(5)6)16-24(22)27)21-13-11-19(29(3)4)15-23(21)26(31)32/h7-16,25H,1-6H3,(H,31,32). The van der Waals surface area contributed by atoms with Gasteiger partial charge in [-0.15, -0.1) is 0 Å². The van der Waals surface area contributed by atoms with Crippen LogP contribution in [0, 0.1) is 0 Å². The largest absolute Gasteiger partial charge is 0.478 e. The minimum absolute atomic E-state index is 0.269. The second-order valence-electron chi connectivity index (χ2n) is 8.49. The van der Waals surface area contributed by atoms with Gasteiger partial charge in [0.2, 0.25) is 0 Å². The summed E-state index contributed by atoms with van der Waals surface area (Å²) in [5, 5.41) is 10.7.